The van der Waals surface area contributed by atoms with Gasteiger partial charge in [-0.15, -0.1) is 0 Å². The van der Waals surface area contributed by atoms with Crippen molar-refractivity contribution >= 4 is 5.97 Å². The molecule has 0 heterocycles. The van der Waals surface area contributed by atoms with E-state index < -0.39 is 5.54 Å². The van der Waals surface area contributed by atoms with Crippen LogP contribution in [0.15, 0.2) is 0 Å². The van der Waals surface area contributed by atoms with Crippen molar-refractivity contribution < 1.29 is 9.53 Å². The Morgan fingerprint density at radius 3 is 2.46 bits per heavy atom. The largest absolute Gasteiger partial charge is 0.468 e. The van der Waals surface area contributed by atoms with Crippen molar-refractivity contribution in [3.63, 3.8) is 0 Å². The van der Waals surface area contributed by atoms with Crippen LogP contribution in [-0.2, 0) is 9.53 Å². The molecule has 2 rings (SSSR count). The maximum atomic E-state index is 11.4. The summed E-state index contributed by atoms with van der Waals surface area (Å²) < 4.78 is 4.74. The summed E-state index contributed by atoms with van der Waals surface area (Å²) in [5, 5.41) is 0. The van der Waals surface area contributed by atoms with Crippen molar-refractivity contribution in [1.82, 2.24) is 0 Å². The van der Waals surface area contributed by atoms with E-state index in [-0.39, 0.29) is 11.4 Å². The third kappa shape index (κ3) is 1.10. The summed E-state index contributed by atoms with van der Waals surface area (Å²) in [6, 6.07) is 0. The molecule has 0 radical (unpaired) electrons. The topological polar surface area (TPSA) is 52.3 Å². The Morgan fingerprint density at radius 1 is 1.31 bits per heavy atom. The zero-order valence-electron chi connectivity index (χ0n) is 8.14. The number of carbonyl (C=O) groups excluding carboxylic acids is 1. The quantitative estimate of drug-likeness (QED) is 0.622. The number of hydrogen-bond acceptors (Lipinski definition) is 3. The maximum absolute atomic E-state index is 11.4. The summed E-state index contributed by atoms with van der Waals surface area (Å²) in [6.45, 7) is 0. The predicted molar refractivity (Wildman–Crippen MR) is 49.1 cm³/mol. The van der Waals surface area contributed by atoms with Gasteiger partial charge in [-0.25, -0.2) is 0 Å². The van der Waals surface area contributed by atoms with E-state index >= 15 is 0 Å². The number of rotatable bonds is 1. The van der Waals surface area contributed by atoms with Crippen LogP contribution in [0.2, 0.25) is 0 Å². The predicted octanol–water partition coefficient (Wildman–Crippen LogP) is 1.21. The van der Waals surface area contributed by atoms with Crippen LogP contribution in [0.3, 0.4) is 0 Å². The van der Waals surface area contributed by atoms with Gasteiger partial charge in [0.15, 0.2) is 0 Å². The first-order valence-corrected chi connectivity index (χ1v) is 5.02. The molecule has 3 heteroatoms. The summed E-state index contributed by atoms with van der Waals surface area (Å²) in [6.07, 6.45) is 6.79. The summed E-state index contributed by atoms with van der Waals surface area (Å²) in [5.74, 6) is -0.214. The van der Waals surface area contributed by atoms with E-state index in [1.54, 1.807) is 0 Å². The second-order valence-corrected chi connectivity index (χ2v) is 4.48. The number of carbonyl (C=O) groups is 1. The van der Waals surface area contributed by atoms with Gasteiger partial charge in [0.1, 0.15) is 5.54 Å². The van der Waals surface area contributed by atoms with Gasteiger partial charge in [0.2, 0.25) is 0 Å². The molecule has 13 heavy (non-hydrogen) atoms. The number of ether oxygens (including phenoxy) is 1. The molecule has 0 aromatic heterocycles. The van der Waals surface area contributed by atoms with Crippen LogP contribution >= 0.6 is 0 Å². The lowest BCUT2D eigenvalue weighted by molar-refractivity contribution is -0.144. The van der Waals surface area contributed by atoms with E-state index in [1.807, 2.05) is 0 Å². The molecule has 2 saturated carbocycles. The van der Waals surface area contributed by atoms with E-state index in [9.17, 15) is 4.79 Å². The van der Waals surface area contributed by atoms with E-state index in [1.165, 1.54) is 26.4 Å². The van der Waals surface area contributed by atoms with Gasteiger partial charge in [-0.2, -0.15) is 0 Å². The minimum absolute atomic E-state index is 0.109. The number of esters is 1. The molecular weight excluding hydrogens is 166 g/mol. The molecule has 1 atom stereocenters. The lowest BCUT2D eigenvalue weighted by atomic mass is 9.83. The highest BCUT2D eigenvalue weighted by atomic mass is 16.5. The van der Waals surface area contributed by atoms with Crippen LogP contribution in [0.5, 0.6) is 0 Å². The van der Waals surface area contributed by atoms with Crippen molar-refractivity contribution in [3.05, 3.63) is 0 Å². The van der Waals surface area contributed by atoms with Gasteiger partial charge in [-0.05, 0) is 19.3 Å². The normalized spacial score (nSPS) is 35.8. The third-order valence-corrected chi connectivity index (χ3v) is 3.80. The monoisotopic (exact) mass is 183 g/mol. The molecule has 2 aliphatic rings. The molecule has 0 saturated heterocycles. The average molecular weight is 183 g/mol. The van der Waals surface area contributed by atoms with Crippen molar-refractivity contribution in [2.75, 3.05) is 7.11 Å². The van der Waals surface area contributed by atoms with E-state index in [0.29, 0.717) is 0 Å². The Balaban J connectivity index is 2.09. The summed E-state index contributed by atoms with van der Waals surface area (Å²) in [5.41, 5.74) is 5.51. The van der Waals surface area contributed by atoms with E-state index in [4.69, 9.17) is 10.5 Å². The lowest BCUT2D eigenvalue weighted by Crippen LogP contribution is -2.41. The van der Waals surface area contributed by atoms with Crippen LogP contribution in [-0.4, -0.2) is 18.6 Å². The highest BCUT2D eigenvalue weighted by molar-refractivity contribution is 5.86. The summed E-state index contributed by atoms with van der Waals surface area (Å²) >= 11 is 0. The molecule has 0 bridgehead atoms. The Labute approximate surface area is 78.6 Å². The molecule has 1 spiro atoms. The SMILES string of the molecule is COC(=O)C1(N)CC12CCCCC2. The van der Waals surface area contributed by atoms with Crippen LogP contribution in [0, 0.1) is 5.41 Å². The molecule has 2 N–H and O–H groups in total. The van der Waals surface area contributed by atoms with Gasteiger partial charge in [0.25, 0.3) is 0 Å². The second-order valence-electron chi connectivity index (χ2n) is 4.48. The second kappa shape index (κ2) is 2.71. The highest BCUT2D eigenvalue weighted by Crippen LogP contribution is 2.63. The third-order valence-electron chi connectivity index (χ3n) is 3.80. The first-order chi connectivity index (χ1) is 6.15. The minimum atomic E-state index is -0.637. The van der Waals surface area contributed by atoms with E-state index in [0.717, 1.165) is 19.3 Å². The minimum Gasteiger partial charge on any atom is -0.468 e. The molecule has 1 unspecified atom stereocenters. The molecule has 74 valence electrons. The van der Waals surface area contributed by atoms with Gasteiger partial charge >= 0.3 is 5.97 Å². The zero-order chi connectivity index (χ0) is 9.53. The van der Waals surface area contributed by atoms with Gasteiger partial charge in [0, 0.05) is 5.41 Å². The summed E-state index contributed by atoms with van der Waals surface area (Å²) in [7, 11) is 1.42. The average Bonchev–Trinajstić information content (AvgIpc) is 2.72. The molecule has 2 aliphatic carbocycles. The fourth-order valence-electron chi connectivity index (χ4n) is 2.81. The summed E-state index contributed by atoms with van der Waals surface area (Å²) in [4.78, 5) is 11.4. The Morgan fingerprint density at radius 2 is 1.92 bits per heavy atom. The molecule has 3 nitrogen and oxygen atoms in total. The molecular formula is C10H17NO2. The Kier molecular flexibility index (Phi) is 1.88. The van der Waals surface area contributed by atoms with Gasteiger partial charge in [-0.3, -0.25) is 4.79 Å². The van der Waals surface area contributed by atoms with Gasteiger partial charge in [0.05, 0.1) is 7.11 Å². The van der Waals surface area contributed by atoms with Gasteiger partial charge < -0.3 is 10.5 Å². The smallest absolute Gasteiger partial charge is 0.326 e. The van der Waals surface area contributed by atoms with Crippen LogP contribution in [0.1, 0.15) is 38.5 Å². The van der Waals surface area contributed by atoms with Crippen molar-refractivity contribution in [2.45, 2.75) is 44.1 Å². The van der Waals surface area contributed by atoms with Crippen LogP contribution < -0.4 is 5.73 Å². The molecule has 0 amide bonds. The van der Waals surface area contributed by atoms with Crippen LogP contribution in [0.4, 0.5) is 0 Å². The molecule has 0 aliphatic heterocycles. The number of nitrogens with two attached hydrogens (primary N) is 1. The first-order valence-electron chi connectivity index (χ1n) is 5.02. The molecule has 0 aromatic rings. The fraction of sp³-hybridized carbons (Fsp3) is 0.900. The van der Waals surface area contributed by atoms with Gasteiger partial charge in [-0.1, -0.05) is 19.3 Å². The zero-order valence-corrected chi connectivity index (χ0v) is 8.14. The highest BCUT2D eigenvalue weighted by Gasteiger charge is 2.69. The fourth-order valence-corrected chi connectivity index (χ4v) is 2.81. The Bertz CT molecular complexity index is 233. The standard InChI is InChI=1S/C10H17NO2/c1-13-8(12)10(11)7-9(10)5-3-2-4-6-9/h2-7,11H2,1H3. The van der Waals surface area contributed by atoms with E-state index in [2.05, 4.69) is 0 Å². The van der Waals surface area contributed by atoms with Crippen molar-refractivity contribution in [2.24, 2.45) is 11.1 Å². The number of hydrogen-bond donors (Lipinski definition) is 1. The lowest BCUT2D eigenvalue weighted by Gasteiger charge is -2.25. The molecule has 0 aromatic carbocycles. The Hall–Kier alpha value is -0.570. The first kappa shape index (κ1) is 9.00. The van der Waals surface area contributed by atoms with Crippen LogP contribution in [0.25, 0.3) is 0 Å². The maximum Gasteiger partial charge on any atom is 0.326 e. The van der Waals surface area contributed by atoms with Crippen molar-refractivity contribution in [3.8, 4) is 0 Å². The molecule has 2 fully saturated rings. The van der Waals surface area contributed by atoms with Crippen molar-refractivity contribution in [1.29, 1.82) is 0 Å². The number of methoxy groups -OCH3 is 1.